The van der Waals surface area contributed by atoms with E-state index in [0.29, 0.717) is 29.4 Å². The molecule has 2 bridgehead atoms. The molecule has 3 aliphatic heterocycles. The van der Waals surface area contributed by atoms with Crippen molar-refractivity contribution in [2.24, 2.45) is 0 Å². The third-order valence-corrected chi connectivity index (χ3v) is 6.25. The zero-order chi connectivity index (χ0) is 16.0. The van der Waals surface area contributed by atoms with Crippen molar-refractivity contribution in [3.63, 3.8) is 0 Å². The maximum atomic E-state index is 12.8. The van der Waals surface area contributed by atoms with Gasteiger partial charge < -0.3 is 15.5 Å². The molecule has 0 saturated carbocycles. The summed E-state index contributed by atoms with van der Waals surface area (Å²) in [6, 6.07) is 7.06. The van der Waals surface area contributed by atoms with Gasteiger partial charge in [0.1, 0.15) is 0 Å². The van der Waals surface area contributed by atoms with Crippen LogP contribution in [-0.2, 0) is 4.79 Å². The van der Waals surface area contributed by atoms with Crippen molar-refractivity contribution >= 4 is 41.7 Å². The van der Waals surface area contributed by atoms with Crippen LogP contribution in [-0.4, -0.2) is 47.6 Å². The number of piperidine rings is 1. The fraction of sp³-hybridized carbons (Fsp3) is 0.529. The summed E-state index contributed by atoms with van der Waals surface area (Å²) < 4.78 is 0. The normalized spacial score (nSPS) is 27.7. The van der Waals surface area contributed by atoms with Crippen molar-refractivity contribution in [1.82, 2.24) is 10.2 Å². The molecule has 5 nitrogen and oxygen atoms in total. The first kappa shape index (κ1) is 17.6. The van der Waals surface area contributed by atoms with Gasteiger partial charge in [0, 0.05) is 35.6 Å². The van der Waals surface area contributed by atoms with Gasteiger partial charge in [0.25, 0.3) is 5.91 Å². The van der Waals surface area contributed by atoms with Crippen LogP contribution in [0.2, 0.25) is 0 Å². The van der Waals surface area contributed by atoms with Crippen molar-refractivity contribution < 1.29 is 9.59 Å². The van der Waals surface area contributed by atoms with Gasteiger partial charge in [-0.1, -0.05) is 0 Å². The van der Waals surface area contributed by atoms with Gasteiger partial charge in [-0.3, -0.25) is 9.59 Å². The third-order valence-electron chi connectivity index (χ3n) is 5.18. The Balaban J connectivity index is 0.00000169. The van der Waals surface area contributed by atoms with E-state index in [1.54, 1.807) is 0 Å². The molecule has 2 N–H and O–H groups in total. The van der Waals surface area contributed by atoms with E-state index < -0.39 is 0 Å². The Labute approximate surface area is 152 Å². The van der Waals surface area contributed by atoms with Crippen LogP contribution in [0.3, 0.4) is 0 Å². The number of halogens is 1. The van der Waals surface area contributed by atoms with Crippen molar-refractivity contribution in [1.29, 1.82) is 0 Å². The first-order valence-electron chi connectivity index (χ1n) is 8.20. The second kappa shape index (κ2) is 6.94. The summed E-state index contributed by atoms with van der Waals surface area (Å²) >= 11 is 1.52. The molecule has 1 aromatic carbocycles. The number of anilines is 1. The lowest BCUT2D eigenvalue weighted by Crippen LogP contribution is -2.48. The van der Waals surface area contributed by atoms with Crippen LogP contribution in [0.25, 0.3) is 0 Å². The largest absolute Gasteiger partial charge is 0.339 e. The summed E-state index contributed by atoms with van der Waals surface area (Å²) in [6.07, 6.45) is 4.53. The number of nitrogens with one attached hydrogen (secondary N) is 2. The molecule has 130 valence electrons. The fourth-order valence-corrected chi connectivity index (χ4v) is 4.72. The highest BCUT2D eigenvalue weighted by atomic mass is 35.5. The number of rotatable bonds is 2. The molecule has 2 saturated heterocycles. The summed E-state index contributed by atoms with van der Waals surface area (Å²) in [7, 11) is 1.91. The monoisotopic (exact) mass is 367 g/mol. The minimum atomic E-state index is -0.00427. The molecule has 0 aliphatic carbocycles. The minimum Gasteiger partial charge on any atom is -0.339 e. The summed E-state index contributed by atoms with van der Waals surface area (Å²) in [5, 5.41) is 6.47. The Bertz CT molecular complexity index is 657. The number of fused-ring (bicyclic) bond motifs is 3. The number of hydrogen-bond donors (Lipinski definition) is 2. The van der Waals surface area contributed by atoms with Crippen LogP contribution in [0.4, 0.5) is 5.69 Å². The summed E-state index contributed by atoms with van der Waals surface area (Å²) in [5.41, 5.74) is 1.41. The maximum absolute atomic E-state index is 12.8. The zero-order valence-electron chi connectivity index (χ0n) is 13.6. The highest BCUT2D eigenvalue weighted by molar-refractivity contribution is 8.00. The number of carbonyl (C=O) groups excluding carboxylic acids is 2. The molecule has 24 heavy (non-hydrogen) atoms. The average Bonchev–Trinajstić information content (AvgIpc) is 2.90. The average molecular weight is 368 g/mol. The molecule has 3 heterocycles. The molecule has 0 radical (unpaired) electrons. The van der Waals surface area contributed by atoms with Crippen LogP contribution in [0.15, 0.2) is 23.1 Å². The molecule has 7 heteroatoms. The van der Waals surface area contributed by atoms with Gasteiger partial charge in [0.15, 0.2) is 0 Å². The van der Waals surface area contributed by atoms with Gasteiger partial charge in [-0.2, -0.15) is 0 Å². The Morgan fingerprint density at radius 2 is 1.96 bits per heavy atom. The minimum absolute atomic E-state index is 0. The Hall–Kier alpha value is -1.24. The summed E-state index contributed by atoms with van der Waals surface area (Å²) in [6.45, 7) is 0. The van der Waals surface area contributed by atoms with Gasteiger partial charge in [-0.15, -0.1) is 24.2 Å². The molecule has 2 fully saturated rings. The Morgan fingerprint density at radius 1 is 1.25 bits per heavy atom. The number of thioether (sulfide) groups is 1. The predicted molar refractivity (Wildman–Crippen MR) is 98.1 cm³/mol. The topological polar surface area (TPSA) is 61.4 Å². The number of carbonyl (C=O) groups is 2. The van der Waals surface area contributed by atoms with Crippen molar-refractivity contribution in [3.8, 4) is 0 Å². The first-order chi connectivity index (χ1) is 11.1. The van der Waals surface area contributed by atoms with Crippen LogP contribution >= 0.6 is 24.2 Å². The van der Waals surface area contributed by atoms with Gasteiger partial charge in [0.05, 0.1) is 11.4 Å². The number of nitrogens with zero attached hydrogens (tertiary/aromatic N) is 1. The molecule has 3 aliphatic rings. The molecule has 2 amide bonds. The van der Waals surface area contributed by atoms with Crippen LogP contribution in [0.1, 0.15) is 36.0 Å². The highest BCUT2D eigenvalue weighted by Crippen LogP contribution is 2.33. The number of amides is 2. The Kier molecular flexibility index (Phi) is 5.08. The third kappa shape index (κ3) is 3.27. The van der Waals surface area contributed by atoms with Gasteiger partial charge in [-0.25, -0.2) is 0 Å². The van der Waals surface area contributed by atoms with Crippen molar-refractivity contribution in [2.45, 2.75) is 48.7 Å². The fourth-order valence-electron chi connectivity index (χ4n) is 3.93. The van der Waals surface area contributed by atoms with E-state index >= 15 is 0 Å². The molecule has 2 unspecified atom stereocenters. The van der Waals surface area contributed by atoms with E-state index in [-0.39, 0.29) is 24.2 Å². The smallest absolute Gasteiger partial charge is 0.253 e. The van der Waals surface area contributed by atoms with Crippen molar-refractivity contribution in [3.05, 3.63) is 23.8 Å². The predicted octanol–water partition coefficient (Wildman–Crippen LogP) is 2.51. The van der Waals surface area contributed by atoms with Crippen LogP contribution < -0.4 is 10.6 Å². The maximum Gasteiger partial charge on any atom is 0.253 e. The molecule has 2 atom stereocenters. The SMILES string of the molecule is CN(C(=O)c1ccc2c(c1)NC(=O)CS2)C1CC2CCC(C1)N2.Cl. The standard InChI is InChI=1S/C17H21N3O2S.ClH/c1-20(13-7-11-3-4-12(8-13)18-11)17(22)10-2-5-15-14(6-10)19-16(21)9-23-15;/h2,5-6,11-13,18H,3-4,7-9H2,1H3,(H,19,21);1H. The lowest BCUT2D eigenvalue weighted by molar-refractivity contribution is -0.113. The van der Waals surface area contributed by atoms with E-state index in [9.17, 15) is 9.59 Å². The van der Waals surface area contributed by atoms with E-state index in [2.05, 4.69) is 10.6 Å². The second-order valence-electron chi connectivity index (χ2n) is 6.73. The second-order valence-corrected chi connectivity index (χ2v) is 7.74. The molecule has 4 rings (SSSR count). The molecular formula is C17H22ClN3O2S. The Morgan fingerprint density at radius 3 is 2.67 bits per heavy atom. The summed E-state index contributed by atoms with van der Waals surface area (Å²) in [4.78, 5) is 27.3. The van der Waals surface area contributed by atoms with E-state index in [1.807, 2.05) is 30.1 Å². The molecule has 0 aromatic heterocycles. The van der Waals surface area contributed by atoms with E-state index in [1.165, 1.54) is 24.6 Å². The van der Waals surface area contributed by atoms with Crippen LogP contribution in [0.5, 0.6) is 0 Å². The van der Waals surface area contributed by atoms with Gasteiger partial charge in [0.2, 0.25) is 5.91 Å². The summed E-state index contributed by atoms with van der Waals surface area (Å²) in [5.74, 6) is 0.484. The van der Waals surface area contributed by atoms with Gasteiger partial charge in [-0.05, 0) is 43.9 Å². The molecular weight excluding hydrogens is 346 g/mol. The van der Waals surface area contributed by atoms with Crippen LogP contribution in [0, 0.1) is 0 Å². The molecule has 1 aromatic rings. The quantitative estimate of drug-likeness (QED) is 0.843. The lowest BCUT2D eigenvalue weighted by atomic mass is 9.98. The number of benzene rings is 1. The van der Waals surface area contributed by atoms with E-state index in [4.69, 9.17) is 0 Å². The van der Waals surface area contributed by atoms with Gasteiger partial charge >= 0.3 is 0 Å². The first-order valence-corrected chi connectivity index (χ1v) is 9.18. The molecule has 0 spiro atoms. The lowest BCUT2D eigenvalue weighted by Gasteiger charge is -2.35. The zero-order valence-corrected chi connectivity index (χ0v) is 15.2. The highest BCUT2D eigenvalue weighted by Gasteiger charge is 2.36. The van der Waals surface area contributed by atoms with Crippen molar-refractivity contribution in [2.75, 3.05) is 18.1 Å². The van der Waals surface area contributed by atoms with E-state index in [0.717, 1.165) is 23.4 Å². The number of hydrogen-bond acceptors (Lipinski definition) is 4.